The summed E-state index contributed by atoms with van der Waals surface area (Å²) in [6.45, 7) is 7.27. The third-order valence-corrected chi connectivity index (χ3v) is 4.99. The minimum atomic E-state index is -0.0438. The van der Waals surface area contributed by atoms with Gasteiger partial charge in [0.2, 0.25) is 11.8 Å². The zero-order valence-corrected chi connectivity index (χ0v) is 12.9. The lowest BCUT2D eigenvalue weighted by molar-refractivity contribution is -0.130. The summed E-state index contributed by atoms with van der Waals surface area (Å²) in [5.41, 5.74) is 0. The van der Waals surface area contributed by atoms with E-state index in [1.807, 2.05) is 0 Å². The second kappa shape index (κ2) is 6.59. The maximum absolute atomic E-state index is 12.4. The largest absolute Gasteiger partial charge is 0.355 e. The molecular formula is C16H28N2O2. The Morgan fingerprint density at radius 3 is 2.65 bits per heavy atom. The number of carbonyl (C=O) groups excluding carboxylic acids is 2. The number of piperidine rings is 1. The van der Waals surface area contributed by atoms with Gasteiger partial charge in [0, 0.05) is 19.0 Å². The molecule has 2 rings (SSSR count). The van der Waals surface area contributed by atoms with E-state index in [2.05, 4.69) is 31.4 Å². The van der Waals surface area contributed by atoms with E-state index in [4.69, 9.17) is 0 Å². The van der Waals surface area contributed by atoms with Crippen molar-refractivity contribution in [3.8, 4) is 0 Å². The van der Waals surface area contributed by atoms with Gasteiger partial charge >= 0.3 is 0 Å². The molecule has 1 aliphatic heterocycles. The smallest absolute Gasteiger partial charge is 0.225 e. The Labute approximate surface area is 122 Å². The van der Waals surface area contributed by atoms with Crippen LogP contribution in [-0.2, 0) is 9.59 Å². The summed E-state index contributed by atoms with van der Waals surface area (Å²) >= 11 is 0. The third kappa shape index (κ3) is 3.74. The van der Waals surface area contributed by atoms with Crippen LogP contribution in [0.5, 0.6) is 0 Å². The van der Waals surface area contributed by atoms with Crippen LogP contribution in [0.4, 0.5) is 0 Å². The predicted molar refractivity (Wildman–Crippen MR) is 79.0 cm³/mol. The van der Waals surface area contributed by atoms with Crippen molar-refractivity contribution in [3.05, 3.63) is 0 Å². The van der Waals surface area contributed by atoms with E-state index in [0.29, 0.717) is 43.2 Å². The molecule has 1 saturated heterocycles. The van der Waals surface area contributed by atoms with Gasteiger partial charge in [-0.3, -0.25) is 9.59 Å². The molecule has 2 aliphatic rings. The molecule has 2 fully saturated rings. The van der Waals surface area contributed by atoms with E-state index in [1.165, 1.54) is 12.8 Å². The zero-order valence-electron chi connectivity index (χ0n) is 12.9. The second-order valence-corrected chi connectivity index (χ2v) is 6.98. The van der Waals surface area contributed by atoms with Gasteiger partial charge in [-0.2, -0.15) is 0 Å². The topological polar surface area (TPSA) is 58.2 Å². The van der Waals surface area contributed by atoms with Crippen LogP contribution in [0, 0.1) is 23.7 Å². The number of carbonyl (C=O) groups is 2. The molecular weight excluding hydrogens is 252 g/mol. The summed E-state index contributed by atoms with van der Waals surface area (Å²) in [7, 11) is 0. The number of hydrogen-bond donors (Lipinski definition) is 2. The number of rotatable bonds is 3. The fraction of sp³-hybridized carbons (Fsp3) is 0.875. The molecule has 114 valence electrons. The normalized spacial score (nSPS) is 34.7. The summed E-state index contributed by atoms with van der Waals surface area (Å²) in [4.78, 5) is 23.5. The summed E-state index contributed by atoms with van der Waals surface area (Å²) in [6.07, 6.45) is 4.74. The average molecular weight is 280 g/mol. The van der Waals surface area contributed by atoms with Crippen molar-refractivity contribution >= 4 is 11.8 Å². The molecule has 0 spiro atoms. The first-order valence-corrected chi connectivity index (χ1v) is 8.04. The molecule has 4 heteroatoms. The molecule has 4 atom stereocenters. The van der Waals surface area contributed by atoms with E-state index in [-0.39, 0.29) is 17.7 Å². The van der Waals surface area contributed by atoms with Crippen molar-refractivity contribution in [2.75, 3.05) is 6.54 Å². The van der Waals surface area contributed by atoms with E-state index in [0.717, 1.165) is 6.42 Å². The Kier molecular flexibility index (Phi) is 5.06. The highest BCUT2D eigenvalue weighted by atomic mass is 16.2. The van der Waals surface area contributed by atoms with Crippen LogP contribution in [0.15, 0.2) is 0 Å². The molecule has 0 bridgehead atoms. The molecule has 4 unspecified atom stereocenters. The maximum atomic E-state index is 12.4. The van der Waals surface area contributed by atoms with Crippen molar-refractivity contribution in [1.82, 2.24) is 10.6 Å². The van der Waals surface area contributed by atoms with Crippen LogP contribution < -0.4 is 10.6 Å². The highest BCUT2D eigenvalue weighted by molar-refractivity contribution is 5.83. The summed E-state index contributed by atoms with van der Waals surface area (Å²) < 4.78 is 0. The molecule has 1 heterocycles. The predicted octanol–water partition coefficient (Wildman–Crippen LogP) is 2.09. The Bertz CT molecular complexity index is 357. The SMILES string of the molecule is CC1CCC(C(C)C)C(NC(=O)C2CCC(=O)NC2)C1. The number of nitrogens with one attached hydrogen (secondary N) is 2. The molecule has 2 N–H and O–H groups in total. The Morgan fingerprint density at radius 1 is 1.30 bits per heavy atom. The van der Waals surface area contributed by atoms with Crippen LogP contribution in [0.2, 0.25) is 0 Å². The van der Waals surface area contributed by atoms with Gasteiger partial charge in [0.15, 0.2) is 0 Å². The maximum Gasteiger partial charge on any atom is 0.225 e. The Balaban J connectivity index is 1.92. The van der Waals surface area contributed by atoms with Gasteiger partial charge in [-0.25, -0.2) is 0 Å². The summed E-state index contributed by atoms with van der Waals surface area (Å²) in [6, 6.07) is 0.309. The molecule has 1 aliphatic carbocycles. The van der Waals surface area contributed by atoms with Gasteiger partial charge in [-0.1, -0.05) is 27.2 Å². The monoisotopic (exact) mass is 280 g/mol. The second-order valence-electron chi connectivity index (χ2n) is 6.98. The minimum Gasteiger partial charge on any atom is -0.355 e. The Morgan fingerprint density at radius 2 is 2.05 bits per heavy atom. The zero-order chi connectivity index (χ0) is 14.7. The number of amides is 2. The van der Waals surface area contributed by atoms with Gasteiger partial charge in [0.05, 0.1) is 5.92 Å². The molecule has 20 heavy (non-hydrogen) atoms. The minimum absolute atomic E-state index is 0.0438. The number of hydrogen-bond acceptors (Lipinski definition) is 2. The molecule has 0 aromatic carbocycles. The lowest BCUT2D eigenvalue weighted by atomic mass is 9.74. The van der Waals surface area contributed by atoms with Crippen LogP contribution in [0.1, 0.15) is 52.9 Å². The van der Waals surface area contributed by atoms with Gasteiger partial charge in [-0.15, -0.1) is 0 Å². The average Bonchev–Trinajstić information content (AvgIpc) is 2.39. The first-order chi connectivity index (χ1) is 9.47. The van der Waals surface area contributed by atoms with E-state index in [1.54, 1.807) is 0 Å². The fourth-order valence-electron chi connectivity index (χ4n) is 3.63. The standard InChI is InChI=1S/C16H28N2O2/c1-10(2)13-6-4-11(3)8-14(13)18-16(20)12-5-7-15(19)17-9-12/h10-14H,4-9H2,1-3H3,(H,17,19)(H,18,20). The summed E-state index contributed by atoms with van der Waals surface area (Å²) in [5, 5.41) is 6.07. The Hall–Kier alpha value is -1.06. The van der Waals surface area contributed by atoms with Gasteiger partial charge < -0.3 is 10.6 Å². The van der Waals surface area contributed by atoms with Crippen LogP contribution >= 0.6 is 0 Å². The van der Waals surface area contributed by atoms with Crippen molar-refractivity contribution < 1.29 is 9.59 Å². The fourth-order valence-corrected chi connectivity index (χ4v) is 3.63. The van der Waals surface area contributed by atoms with Crippen molar-refractivity contribution in [1.29, 1.82) is 0 Å². The van der Waals surface area contributed by atoms with Crippen molar-refractivity contribution in [3.63, 3.8) is 0 Å². The van der Waals surface area contributed by atoms with Crippen molar-refractivity contribution in [2.45, 2.75) is 58.9 Å². The lowest BCUT2D eigenvalue weighted by Crippen LogP contribution is -2.50. The van der Waals surface area contributed by atoms with E-state index < -0.39 is 0 Å². The summed E-state index contributed by atoms with van der Waals surface area (Å²) in [5.74, 6) is 2.06. The molecule has 0 aromatic rings. The lowest BCUT2D eigenvalue weighted by Gasteiger charge is -2.38. The highest BCUT2D eigenvalue weighted by Gasteiger charge is 2.33. The van der Waals surface area contributed by atoms with Gasteiger partial charge in [0.1, 0.15) is 0 Å². The van der Waals surface area contributed by atoms with Crippen LogP contribution in [0.3, 0.4) is 0 Å². The molecule has 0 aromatic heterocycles. The molecule has 0 radical (unpaired) electrons. The third-order valence-electron chi connectivity index (χ3n) is 4.99. The van der Waals surface area contributed by atoms with E-state index in [9.17, 15) is 9.59 Å². The quantitative estimate of drug-likeness (QED) is 0.831. The molecule has 1 saturated carbocycles. The molecule has 2 amide bonds. The van der Waals surface area contributed by atoms with Gasteiger partial charge in [0.25, 0.3) is 0 Å². The van der Waals surface area contributed by atoms with Crippen LogP contribution in [-0.4, -0.2) is 24.4 Å². The van der Waals surface area contributed by atoms with Gasteiger partial charge in [-0.05, 0) is 37.0 Å². The first kappa shape index (κ1) is 15.3. The molecule has 4 nitrogen and oxygen atoms in total. The van der Waals surface area contributed by atoms with Crippen LogP contribution in [0.25, 0.3) is 0 Å². The van der Waals surface area contributed by atoms with Crippen molar-refractivity contribution in [2.24, 2.45) is 23.7 Å². The first-order valence-electron chi connectivity index (χ1n) is 8.04. The highest BCUT2D eigenvalue weighted by Crippen LogP contribution is 2.33. The van der Waals surface area contributed by atoms with E-state index >= 15 is 0 Å².